The largest absolute Gasteiger partial charge is 0.480 e. The number of amides is 2. The van der Waals surface area contributed by atoms with Crippen molar-refractivity contribution in [2.75, 3.05) is 19.6 Å². The Hall–Kier alpha value is -3.81. The summed E-state index contributed by atoms with van der Waals surface area (Å²) in [4.78, 5) is 42.3. The molecule has 1 unspecified atom stereocenters. The molecule has 2 aromatic carbocycles. The number of carboxylic acid groups (broad SMARTS) is 1. The maximum absolute atomic E-state index is 13.7. The second kappa shape index (κ2) is 14.1. The van der Waals surface area contributed by atoms with Gasteiger partial charge in [0.05, 0.1) is 10.8 Å². The molecule has 1 fully saturated rings. The van der Waals surface area contributed by atoms with Crippen LogP contribution in [0.4, 0.5) is 4.39 Å². The molecule has 1 aliphatic heterocycles. The van der Waals surface area contributed by atoms with Crippen LogP contribution in [0.3, 0.4) is 0 Å². The Labute approximate surface area is 250 Å². The molecule has 232 valence electrons. The van der Waals surface area contributed by atoms with Gasteiger partial charge >= 0.3 is 5.97 Å². The third-order valence-electron chi connectivity index (χ3n) is 7.96. The number of carbonyl (C=O) groups is 3. The summed E-state index contributed by atoms with van der Waals surface area (Å²) < 4.78 is 41.0. The lowest BCUT2D eigenvalue weighted by Crippen LogP contribution is -2.55. The van der Waals surface area contributed by atoms with Crippen molar-refractivity contribution in [1.82, 2.24) is 19.9 Å². The lowest BCUT2D eigenvalue weighted by Gasteiger charge is -2.33. The van der Waals surface area contributed by atoms with Gasteiger partial charge in [-0.2, -0.15) is 4.31 Å². The topological polar surface area (TPSA) is 175 Å². The van der Waals surface area contributed by atoms with Crippen LogP contribution >= 0.6 is 0 Å². The lowest BCUT2D eigenvalue weighted by molar-refractivity contribution is -0.142. The number of fused-ring (bicyclic) bond motifs is 1. The summed E-state index contributed by atoms with van der Waals surface area (Å²) in [6.07, 6.45) is 3.85. The molecule has 3 aromatic rings. The standard InChI is InChI=1S/C30H38FN5O6S/c1-19(24-17-33-25-9-3-2-8-23(24)25)27(29(38)34-26(30(39)40)10-4-5-15-32)35-28(37)20-7-6-16-36(18-20)43(41,42)22-13-11-21(31)12-14-22/h2-3,8-9,11-14,17,19-20,26-27,33H,4-7,10,15-16,18,32H2,1H3,(H,34,38)(H,35,37)(H,39,40)/t19-,20?,26-,27+/m0/s1. The number of rotatable bonds is 13. The van der Waals surface area contributed by atoms with Crippen molar-refractivity contribution in [3.8, 4) is 0 Å². The summed E-state index contributed by atoms with van der Waals surface area (Å²) in [7, 11) is -3.97. The van der Waals surface area contributed by atoms with Gasteiger partial charge in [-0.1, -0.05) is 25.1 Å². The van der Waals surface area contributed by atoms with Crippen LogP contribution in [0.25, 0.3) is 10.9 Å². The highest BCUT2D eigenvalue weighted by Gasteiger charge is 2.37. The Morgan fingerprint density at radius 1 is 1.12 bits per heavy atom. The lowest BCUT2D eigenvalue weighted by atomic mass is 9.90. The first kappa shape index (κ1) is 32.1. The number of hydrogen-bond donors (Lipinski definition) is 5. The number of aromatic amines is 1. The summed E-state index contributed by atoms with van der Waals surface area (Å²) in [5.41, 5.74) is 7.14. The molecule has 6 N–H and O–H groups in total. The Morgan fingerprint density at radius 3 is 2.53 bits per heavy atom. The van der Waals surface area contributed by atoms with E-state index in [0.29, 0.717) is 32.2 Å². The maximum Gasteiger partial charge on any atom is 0.326 e. The first-order valence-corrected chi connectivity index (χ1v) is 15.8. The van der Waals surface area contributed by atoms with Crippen LogP contribution in [0.15, 0.2) is 59.6 Å². The van der Waals surface area contributed by atoms with Gasteiger partial charge in [-0.15, -0.1) is 0 Å². The minimum atomic E-state index is -3.97. The van der Waals surface area contributed by atoms with E-state index < -0.39 is 57.5 Å². The number of benzene rings is 2. The first-order chi connectivity index (χ1) is 20.5. The van der Waals surface area contributed by atoms with Crippen LogP contribution in [-0.4, -0.2) is 72.3 Å². The average Bonchev–Trinajstić information content (AvgIpc) is 3.43. The number of nitrogens with zero attached hydrogens (tertiary/aromatic N) is 1. The Bertz CT molecular complexity index is 1540. The maximum atomic E-state index is 13.7. The van der Waals surface area contributed by atoms with Crippen molar-refractivity contribution >= 4 is 38.7 Å². The van der Waals surface area contributed by atoms with Gasteiger partial charge in [0.15, 0.2) is 0 Å². The molecule has 4 rings (SSSR count). The van der Waals surface area contributed by atoms with Crippen molar-refractivity contribution in [2.24, 2.45) is 11.7 Å². The summed E-state index contributed by atoms with van der Waals surface area (Å²) in [5, 5.41) is 16.0. The minimum Gasteiger partial charge on any atom is -0.480 e. The second-order valence-corrected chi connectivity index (χ2v) is 12.8. The number of unbranched alkanes of at least 4 members (excludes halogenated alkanes) is 1. The van der Waals surface area contributed by atoms with E-state index in [9.17, 15) is 32.3 Å². The van der Waals surface area contributed by atoms with E-state index in [1.54, 1.807) is 13.1 Å². The Balaban J connectivity index is 1.56. The molecule has 1 aliphatic rings. The zero-order chi connectivity index (χ0) is 31.1. The van der Waals surface area contributed by atoms with Crippen molar-refractivity contribution in [3.63, 3.8) is 0 Å². The third-order valence-corrected chi connectivity index (χ3v) is 9.84. The van der Waals surface area contributed by atoms with Gasteiger partial charge in [0.25, 0.3) is 0 Å². The summed E-state index contributed by atoms with van der Waals surface area (Å²) in [5.74, 6) is -4.24. The van der Waals surface area contributed by atoms with Gasteiger partial charge in [-0.3, -0.25) is 9.59 Å². The average molecular weight is 616 g/mol. The highest BCUT2D eigenvalue weighted by Crippen LogP contribution is 2.29. The third kappa shape index (κ3) is 7.59. The van der Waals surface area contributed by atoms with Crippen molar-refractivity contribution in [1.29, 1.82) is 0 Å². The molecule has 2 heterocycles. The van der Waals surface area contributed by atoms with E-state index in [1.807, 2.05) is 24.3 Å². The van der Waals surface area contributed by atoms with E-state index >= 15 is 0 Å². The molecular weight excluding hydrogens is 577 g/mol. The number of sulfonamides is 1. The fraction of sp³-hybridized carbons (Fsp3) is 0.433. The molecule has 0 aliphatic carbocycles. The molecule has 4 atom stereocenters. The number of piperidine rings is 1. The zero-order valence-corrected chi connectivity index (χ0v) is 24.8. The van der Waals surface area contributed by atoms with E-state index in [0.717, 1.165) is 28.6 Å². The predicted octanol–water partition coefficient (Wildman–Crippen LogP) is 2.69. The number of carbonyl (C=O) groups excluding carboxylic acids is 2. The number of nitrogens with one attached hydrogen (secondary N) is 3. The molecular formula is C30H38FN5O6S. The Kier molecular flexibility index (Phi) is 10.5. The summed E-state index contributed by atoms with van der Waals surface area (Å²) >= 11 is 0. The van der Waals surface area contributed by atoms with Crippen LogP contribution < -0.4 is 16.4 Å². The van der Waals surface area contributed by atoms with Crippen molar-refractivity contribution < 1.29 is 32.3 Å². The SMILES string of the molecule is C[C@@H](c1c[nH]c2ccccc12)[C@@H](NC(=O)C1CCCN(S(=O)(=O)c2ccc(F)cc2)C1)C(=O)N[C@@H](CCCCN)C(=O)O. The minimum absolute atomic E-state index is 0.0745. The van der Waals surface area contributed by atoms with Crippen LogP contribution in [0.2, 0.25) is 0 Å². The number of H-pyrrole nitrogens is 1. The number of nitrogens with two attached hydrogens (primary N) is 1. The van der Waals surface area contributed by atoms with Crippen molar-refractivity contribution in [3.05, 3.63) is 66.1 Å². The van der Waals surface area contributed by atoms with Crippen molar-refractivity contribution in [2.45, 2.75) is 61.9 Å². The van der Waals surface area contributed by atoms with E-state index in [1.165, 1.54) is 16.4 Å². The van der Waals surface area contributed by atoms with Crippen LogP contribution in [0.5, 0.6) is 0 Å². The van der Waals surface area contributed by atoms with Gasteiger partial charge in [-0.05, 0) is 74.5 Å². The number of para-hydroxylation sites is 1. The van der Waals surface area contributed by atoms with Gasteiger partial charge in [0, 0.05) is 36.1 Å². The number of halogens is 1. The van der Waals surface area contributed by atoms with E-state index in [4.69, 9.17) is 5.73 Å². The van der Waals surface area contributed by atoms with Gasteiger partial charge in [0.1, 0.15) is 17.9 Å². The van der Waals surface area contributed by atoms with Crippen LogP contribution in [0, 0.1) is 11.7 Å². The molecule has 2 amide bonds. The van der Waals surface area contributed by atoms with Gasteiger partial charge in [0.2, 0.25) is 21.8 Å². The highest BCUT2D eigenvalue weighted by atomic mass is 32.2. The number of aromatic nitrogens is 1. The molecule has 0 radical (unpaired) electrons. The molecule has 1 aromatic heterocycles. The number of hydrogen-bond acceptors (Lipinski definition) is 6. The number of carboxylic acids is 1. The summed E-state index contributed by atoms with van der Waals surface area (Å²) in [6, 6.07) is 9.69. The van der Waals surface area contributed by atoms with Crippen LogP contribution in [-0.2, 0) is 24.4 Å². The van der Waals surface area contributed by atoms with Gasteiger partial charge < -0.3 is 26.5 Å². The highest BCUT2D eigenvalue weighted by molar-refractivity contribution is 7.89. The quantitative estimate of drug-likeness (QED) is 0.184. The molecule has 43 heavy (non-hydrogen) atoms. The molecule has 13 heteroatoms. The predicted molar refractivity (Wildman–Crippen MR) is 159 cm³/mol. The fourth-order valence-electron chi connectivity index (χ4n) is 5.48. The summed E-state index contributed by atoms with van der Waals surface area (Å²) in [6.45, 7) is 2.25. The fourth-order valence-corrected chi connectivity index (χ4v) is 7.00. The normalized spacial score (nSPS) is 18.1. The van der Waals surface area contributed by atoms with Gasteiger partial charge in [-0.25, -0.2) is 17.6 Å². The molecule has 0 spiro atoms. The molecule has 0 bridgehead atoms. The smallest absolute Gasteiger partial charge is 0.326 e. The van der Waals surface area contributed by atoms with Crippen LogP contribution in [0.1, 0.15) is 50.5 Å². The number of aliphatic carboxylic acids is 1. The molecule has 11 nitrogen and oxygen atoms in total. The Morgan fingerprint density at radius 2 is 1.84 bits per heavy atom. The van der Waals surface area contributed by atoms with E-state index in [2.05, 4.69) is 15.6 Å². The molecule has 1 saturated heterocycles. The first-order valence-electron chi connectivity index (χ1n) is 14.4. The second-order valence-electron chi connectivity index (χ2n) is 10.9. The zero-order valence-electron chi connectivity index (χ0n) is 24.0. The monoisotopic (exact) mass is 615 g/mol. The van der Waals surface area contributed by atoms with E-state index in [-0.39, 0.29) is 24.4 Å². The molecule has 0 saturated carbocycles.